The molecule has 0 aromatic carbocycles. The number of ether oxygens (including phenoxy) is 1. The van der Waals surface area contributed by atoms with Crippen LogP contribution in [0.25, 0.3) is 0 Å². The van der Waals surface area contributed by atoms with Crippen LogP contribution in [0.2, 0.25) is 0 Å². The zero-order valence-electron chi connectivity index (χ0n) is 11.5. The predicted molar refractivity (Wildman–Crippen MR) is 67.1 cm³/mol. The lowest BCUT2D eigenvalue weighted by Gasteiger charge is -2.38. The SMILES string of the molecule is CC(C)(C)OC(=O)N1CCC(CO)C(CCF)C1. The van der Waals surface area contributed by atoms with Crippen LogP contribution in [0, 0.1) is 11.8 Å². The molecule has 0 spiro atoms. The molecular weight excluding hydrogens is 237 g/mol. The number of carbonyl (C=O) groups is 1. The monoisotopic (exact) mass is 261 g/mol. The van der Waals surface area contributed by atoms with Gasteiger partial charge in [0.05, 0.1) is 6.67 Å². The van der Waals surface area contributed by atoms with Gasteiger partial charge in [-0.05, 0) is 45.4 Å². The number of halogens is 1. The van der Waals surface area contributed by atoms with Gasteiger partial charge in [0.2, 0.25) is 0 Å². The third-order valence-electron chi connectivity index (χ3n) is 3.26. The van der Waals surface area contributed by atoms with Gasteiger partial charge < -0.3 is 14.7 Å². The largest absolute Gasteiger partial charge is 0.444 e. The molecule has 2 atom stereocenters. The number of hydrogen-bond donors (Lipinski definition) is 1. The molecule has 2 unspecified atom stereocenters. The Bertz CT molecular complexity index is 278. The first-order valence-electron chi connectivity index (χ1n) is 6.52. The zero-order valence-corrected chi connectivity index (χ0v) is 11.5. The van der Waals surface area contributed by atoms with E-state index in [0.29, 0.717) is 25.9 Å². The Morgan fingerprint density at radius 1 is 1.44 bits per heavy atom. The number of amides is 1. The number of nitrogens with zero attached hydrogens (tertiary/aromatic N) is 1. The van der Waals surface area contributed by atoms with E-state index < -0.39 is 12.3 Å². The third-order valence-corrected chi connectivity index (χ3v) is 3.26. The summed E-state index contributed by atoms with van der Waals surface area (Å²) in [7, 11) is 0. The molecule has 1 saturated heterocycles. The highest BCUT2D eigenvalue weighted by Gasteiger charge is 2.32. The van der Waals surface area contributed by atoms with Crippen LogP contribution in [0.5, 0.6) is 0 Å². The fourth-order valence-corrected chi connectivity index (χ4v) is 2.28. The van der Waals surface area contributed by atoms with Crippen molar-refractivity contribution in [2.24, 2.45) is 11.8 Å². The molecule has 0 bridgehead atoms. The molecule has 106 valence electrons. The van der Waals surface area contributed by atoms with E-state index in [1.807, 2.05) is 20.8 Å². The number of aliphatic hydroxyl groups excluding tert-OH is 1. The Labute approximate surface area is 108 Å². The van der Waals surface area contributed by atoms with Crippen molar-refractivity contribution in [1.29, 1.82) is 0 Å². The molecule has 0 saturated carbocycles. The predicted octanol–water partition coefficient (Wildman–Crippen LogP) is 2.21. The molecule has 1 rings (SSSR count). The standard InChI is InChI=1S/C13H24FNO3/c1-13(2,3)18-12(17)15-7-5-11(9-16)10(8-15)4-6-14/h10-11,16H,4-9H2,1-3H3. The molecule has 1 aliphatic heterocycles. The second-order valence-electron chi connectivity index (χ2n) is 5.90. The van der Waals surface area contributed by atoms with Gasteiger partial charge in [-0.1, -0.05) is 0 Å². The summed E-state index contributed by atoms with van der Waals surface area (Å²) in [5.74, 6) is 0.126. The van der Waals surface area contributed by atoms with Crippen molar-refractivity contribution < 1.29 is 19.0 Å². The van der Waals surface area contributed by atoms with E-state index >= 15 is 0 Å². The maximum absolute atomic E-state index is 12.5. The van der Waals surface area contributed by atoms with Gasteiger partial charge in [0.15, 0.2) is 0 Å². The molecule has 1 aliphatic rings. The molecule has 18 heavy (non-hydrogen) atoms. The number of likely N-dealkylation sites (tertiary alicyclic amines) is 1. The van der Waals surface area contributed by atoms with E-state index in [1.165, 1.54) is 0 Å². The molecule has 0 radical (unpaired) electrons. The summed E-state index contributed by atoms with van der Waals surface area (Å²) in [6, 6.07) is 0. The first-order valence-corrected chi connectivity index (χ1v) is 6.52. The Balaban J connectivity index is 2.56. The Hall–Kier alpha value is -0.840. The summed E-state index contributed by atoms with van der Waals surface area (Å²) >= 11 is 0. The quantitative estimate of drug-likeness (QED) is 0.847. The summed E-state index contributed by atoms with van der Waals surface area (Å²) in [4.78, 5) is 13.5. The fraction of sp³-hybridized carbons (Fsp3) is 0.923. The first-order chi connectivity index (χ1) is 8.37. The Kier molecular flexibility index (Phi) is 5.38. The second kappa shape index (κ2) is 6.36. The van der Waals surface area contributed by atoms with Gasteiger partial charge in [-0.2, -0.15) is 0 Å². The lowest BCUT2D eigenvalue weighted by atomic mass is 9.84. The minimum absolute atomic E-state index is 0.0290. The van der Waals surface area contributed by atoms with Crippen LogP contribution in [0.15, 0.2) is 0 Å². The van der Waals surface area contributed by atoms with E-state index in [-0.39, 0.29) is 24.5 Å². The van der Waals surface area contributed by atoms with Crippen molar-refractivity contribution in [2.45, 2.75) is 39.2 Å². The second-order valence-corrected chi connectivity index (χ2v) is 5.90. The van der Waals surface area contributed by atoms with Crippen molar-refractivity contribution in [2.75, 3.05) is 26.4 Å². The van der Waals surface area contributed by atoms with Crippen molar-refractivity contribution in [3.05, 3.63) is 0 Å². The van der Waals surface area contributed by atoms with E-state index in [1.54, 1.807) is 4.90 Å². The fourth-order valence-electron chi connectivity index (χ4n) is 2.28. The number of alkyl halides is 1. The molecule has 4 nitrogen and oxygen atoms in total. The summed E-state index contributed by atoms with van der Waals surface area (Å²) in [6.07, 6.45) is 0.757. The molecule has 0 aromatic rings. The number of piperidine rings is 1. The smallest absolute Gasteiger partial charge is 0.410 e. The highest BCUT2D eigenvalue weighted by Crippen LogP contribution is 2.27. The number of rotatable bonds is 3. The van der Waals surface area contributed by atoms with Gasteiger partial charge in [-0.3, -0.25) is 4.39 Å². The van der Waals surface area contributed by atoms with Crippen LogP contribution < -0.4 is 0 Å². The molecular formula is C13H24FNO3. The van der Waals surface area contributed by atoms with Gasteiger partial charge in [0.25, 0.3) is 0 Å². The normalized spacial score (nSPS) is 25.1. The molecule has 0 aromatic heterocycles. The number of carbonyl (C=O) groups excluding carboxylic acids is 1. The summed E-state index contributed by atoms with van der Waals surface area (Å²) in [5.41, 5.74) is -0.513. The van der Waals surface area contributed by atoms with Gasteiger partial charge in [-0.25, -0.2) is 4.79 Å². The first kappa shape index (κ1) is 15.2. The van der Waals surface area contributed by atoms with Crippen LogP contribution in [-0.4, -0.2) is 48.1 Å². The van der Waals surface area contributed by atoms with Crippen molar-refractivity contribution >= 4 is 6.09 Å². The van der Waals surface area contributed by atoms with Gasteiger partial charge >= 0.3 is 6.09 Å². The van der Waals surface area contributed by atoms with E-state index in [9.17, 15) is 14.3 Å². The number of aliphatic hydroxyl groups is 1. The Morgan fingerprint density at radius 3 is 2.61 bits per heavy atom. The van der Waals surface area contributed by atoms with E-state index in [2.05, 4.69) is 0 Å². The van der Waals surface area contributed by atoms with Crippen LogP contribution in [0.3, 0.4) is 0 Å². The van der Waals surface area contributed by atoms with Crippen molar-refractivity contribution in [3.8, 4) is 0 Å². The van der Waals surface area contributed by atoms with Crippen molar-refractivity contribution in [3.63, 3.8) is 0 Å². The zero-order chi connectivity index (χ0) is 13.8. The Morgan fingerprint density at radius 2 is 2.11 bits per heavy atom. The van der Waals surface area contributed by atoms with Crippen LogP contribution >= 0.6 is 0 Å². The average Bonchev–Trinajstić information content (AvgIpc) is 2.27. The topological polar surface area (TPSA) is 49.8 Å². The van der Waals surface area contributed by atoms with Crippen LogP contribution in [0.4, 0.5) is 9.18 Å². The summed E-state index contributed by atoms with van der Waals surface area (Å²) in [5, 5.41) is 9.24. The lowest BCUT2D eigenvalue weighted by molar-refractivity contribution is 0.00315. The highest BCUT2D eigenvalue weighted by molar-refractivity contribution is 5.68. The molecule has 1 N–H and O–H groups in total. The van der Waals surface area contributed by atoms with Gasteiger partial charge in [0.1, 0.15) is 5.60 Å². The highest BCUT2D eigenvalue weighted by atomic mass is 19.1. The maximum Gasteiger partial charge on any atom is 0.410 e. The van der Waals surface area contributed by atoms with Crippen LogP contribution in [-0.2, 0) is 4.74 Å². The van der Waals surface area contributed by atoms with E-state index in [0.717, 1.165) is 0 Å². The van der Waals surface area contributed by atoms with Gasteiger partial charge in [-0.15, -0.1) is 0 Å². The number of hydrogen-bond acceptors (Lipinski definition) is 3. The lowest BCUT2D eigenvalue weighted by Crippen LogP contribution is -2.46. The van der Waals surface area contributed by atoms with Crippen molar-refractivity contribution in [1.82, 2.24) is 4.90 Å². The molecule has 1 heterocycles. The minimum Gasteiger partial charge on any atom is -0.444 e. The molecule has 5 heteroatoms. The average molecular weight is 261 g/mol. The van der Waals surface area contributed by atoms with Crippen LogP contribution in [0.1, 0.15) is 33.6 Å². The third kappa shape index (κ3) is 4.44. The molecule has 1 fully saturated rings. The minimum atomic E-state index is -0.513. The summed E-state index contributed by atoms with van der Waals surface area (Å²) < 4.78 is 17.8. The molecule has 1 amide bonds. The molecule has 0 aliphatic carbocycles. The van der Waals surface area contributed by atoms with Gasteiger partial charge in [0, 0.05) is 19.7 Å². The maximum atomic E-state index is 12.5. The summed E-state index contributed by atoms with van der Waals surface area (Å²) in [6.45, 7) is 6.17. The van der Waals surface area contributed by atoms with E-state index in [4.69, 9.17) is 4.74 Å².